The number of hydrogen-bond acceptors (Lipinski definition) is 4. The lowest BCUT2D eigenvalue weighted by atomic mass is 9.93. The third-order valence-corrected chi connectivity index (χ3v) is 5.28. The van der Waals surface area contributed by atoms with Gasteiger partial charge in [0.15, 0.2) is 9.84 Å². The third kappa shape index (κ3) is 3.70. The average Bonchev–Trinajstić information content (AvgIpc) is 2.39. The summed E-state index contributed by atoms with van der Waals surface area (Å²) in [5.74, 6) is 0.833. The van der Waals surface area contributed by atoms with Gasteiger partial charge in [0, 0.05) is 6.04 Å². The van der Waals surface area contributed by atoms with Crippen molar-refractivity contribution in [1.29, 1.82) is 0 Å². The Labute approximate surface area is 114 Å². The maximum absolute atomic E-state index is 11.7. The topological polar surface area (TPSA) is 69.4 Å². The van der Waals surface area contributed by atoms with Crippen molar-refractivity contribution < 1.29 is 13.2 Å². The summed E-state index contributed by atoms with van der Waals surface area (Å²) in [5.41, 5.74) is 5.92. The van der Waals surface area contributed by atoms with E-state index < -0.39 is 9.84 Å². The average molecular weight is 283 g/mol. The summed E-state index contributed by atoms with van der Waals surface area (Å²) in [7, 11) is -3.13. The number of nitrogens with two attached hydrogens (primary N) is 1. The Morgan fingerprint density at radius 2 is 1.95 bits per heavy atom. The Kier molecular flexibility index (Phi) is 4.47. The fourth-order valence-corrected chi connectivity index (χ4v) is 3.26. The van der Waals surface area contributed by atoms with Crippen LogP contribution in [0.2, 0.25) is 0 Å². The van der Waals surface area contributed by atoms with E-state index in [1.165, 1.54) is 0 Å². The minimum absolute atomic E-state index is 0.116. The first-order chi connectivity index (χ1) is 9.01. The summed E-state index contributed by atoms with van der Waals surface area (Å²) in [5, 5.41) is 0. The van der Waals surface area contributed by atoms with Crippen molar-refractivity contribution in [3.63, 3.8) is 0 Å². The molecule has 2 atom stereocenters. The monoisotopic (exact) mass is 283 g/mol. The van der Waals surface area contributed by atoms with Crippen molar-refractivity contribution in [2.45, 2.75) is 49.6 Å². The molecule has 1 aromatic carbocycles. The molecular formula is C14H21NO3S. The number of benzene rings is 1. The van der Waals surface area contributed by atoms with Crippen LogP contribution in [0, 0.1) is 0 Å². The quantitative estimate of drug-likeness (QED) is 0.919. The minimum atomic E-state index is -3.13. The molecule has 2 unspecified atom stereocenters. The standard InChI is InChI=1S/C14H21NO3S/c1-2-19(16,17)14-8-6-12(7-9-14)18-13-5-3-4-11(15)10-13/h6-9,11,13H,2-5,10,15H2,1H3. The van der Waals surface area contributed by atoms with Crippen LogP contribution in [0.15, 0.2) is 29.2 Å². The molecule has 1 aliphatic carbocycles. The minimum Gasteiger partial charge on any atom is -0.490 e. The molecular weight excluding hydrogens is 262 g/mol. The molecule has 2 rings (SSSR count). The van der Waals surface area contributed by atoms with Gasteiger partial charge in [0.2, 0.25) is 0 Å². The Hall–Kier alpha value is -1.07. The summed E-state index contributed by atoms with van der Waals surface area (Å²) < 4.78 is 29.2. The predicted octanol–water partition coefficient (Wildman–Crippen LogP) is 2.13. The van der Waals surface area contributed by atoms with Crippen molar-refractivity contribution in [1.82, 2.24) is 0 Å². The van der Waals surface area contributed by atoms with Crippen LogP contribution in [0.3, 0.4) is 0 Å². The number of ether oxygens (including phenoxy) is 1. The smallest absolute Gasteiger partial charge is 0.178 e. The molecule has 0 aliphatic heterocycles. The Balaban J connectivity index is 2.03. The van der Waals surface area contributed by atoms with Gasteiger partial charge in [0.05, 0.1) is 10.6 Å². The fraction of sp³-hybridized carbons (Fsp3) is 0.571. The normalized spacial score (nSPS) is 24.1. The summed E-state index contributed by atoms with van der Waals surface area (Å²) >= 11 is 0. The highest BCUT2D eigenvalue weighted by atomic mass is 32.2. The summed E-state index contributed by atoms with van der Waals surface area (Å²) in [6, 6.07) is 6.89. The van der Waals surface area contributed by atoms with Crippen LogP contribution in [-0.4, -0.2) is 26.3 Å². The number of rotatable bonds is 4. The van der Waals surface area contributed by atoms with Gasteiger partial charge in [-0.15, -0.1) is 0 Å². The second kappa shape index (κ2) is 5.92. The molecule has 0 aromatic heterocycles. The largest absolute Gasteiger partial charge is 0.490 e. The van der Waals surface area contributed by atoms with Crippen molar-refractivity contribution >= 4 is 9.84 Å². The van der Waals surface area contributed by atoms with E-state index in [0.29, 0.717) is 10.6 Å². The SMILES string of the molecule is CCS(=O)(=O)c1ccc(OC2CCCC(N)C2)cc1. The zero-order chi connectivity index (χ0) is 13.9. The van der Waals surface area contributed by atoms with E-state index in [-0.39, 0.29) is 17.9 Å². The molecule has 1 aliphatic rings. The second-order valence-electron chi connectivity index (χ2n) is 5.04. The molecule has 0 amide bonds. The van der Waals surface area contributed by atoms with Crippen LogP contribution < -0.4 is 10.5 Å². The highest BCUT2D eigenvalue weighted by Crippen LogP contribution is 2.24. The van der Waals surface area contributed by atoms with Gasteiger partial charge in [-0.3, -0.25) is 0 Å². The molecule has 1 fully saturated rings. The van der Waals surface area contributed by atoms with E-state index in [1.54, 1.807) is 31.2 Å². The summed E-state index contributed by atoms with van der Waals surface area (Å²) in [6.07, 6.45) is 4.19. The van der Waals surface area contributed by atoms with Crippen LogP contribution in [0.1, 0.15) is 32.6 Å². The van der Waals surface area contributed by atoms with Crippen molar-refractivity contribution in [2.75, 3.05) is 5.75 Å². The van der Waals surface area contributed by atoms with Crippen LogP contribution in [-0.2, 0) is 9.84 Å². The van der Waals surface area contributed by atoms with Gasteiger partial charge in [-0.1, -0.05) is 6.92 Å². The maximum Gasteiger partial charge on any atom is 0.178 e. The molecule has 1 saturated carbocycles. The second-order valence-corrected chi connectivity index (χ2v) is 7.32. The van der Waals surface area contributed by atoms with E-state index in [2.05, 4.69) is 0 Å². The molecule has 4 nitrogen and oxygen atoms in total. The first-order valence-electron chi connectivity index (χ1n) is 6.76. The first-order valence-corrected chi connectivity index (χ1v) is 8.41. The Bertz CT molecular complexity index is 510. The molecule has 0 spiro atoms. The summed E-state index contributed by atoms with van der Waals surface area (Å²) in [6.45, 7) is 1.64. The Morgan fingerprint density at radius 3 is 2.53 bits per heavy atom. The van der Waals surface area contributed by atoms with E-state index in [9.17, 15) is 8.42 Å². The molecule has 2 N–H and O–H groups in total. The van der Waals surface area contributed by atoms with E-state index in [4.69, 9.17) is 10.5 Å². The van der Waals surface area contributed by atoms with E-state index >= 15 is 0 Å². The van der Waals surface area contributed by atoms with E-state index in [0.717, 1.165) is 25.7 Å². The highest BCUT2D eigenvalue weighted by molar-refractivity contribution is 7.91. The molecule has 5 heteroatoms. The summed E-state index contributed by atoms with van der Waals surface area (Å²) in [4.78, 5) is 0.350. The van der Waals surface area contributed by atoms with Gasteiger partial charge in [-0.25, -0.2) is 8.42 Å². The van der Waals surface area contributed by atoms with Crippen molar-refractivity contribution in [3.8, 4) is 5.75 Å². The van der Waals surface area contributed by atoms with E-state index in [1.807, 2.05) is 0 Å². The van der Waals surface area contributed by atoms with Crippen molar-refractivity contribution in [3.05, 3.63) is 24.3 Å². The molecule has 0 saturated heterocycles. The third-order valence-electron chi connectivity index (χ3n) is 3.53. The molecule has 19 heavy (non-hydrogen) atoms. The zero-order valence-corrected chi connectivity index (χ0v) is 12.0. The number of hydrogen-bond donors (Lipinski definition) is 1. The van der Waals surface area contributed by atoms with Gasteiger partial charge in [-0.2, -0.15) is 0 Å². The van der Waals surface area contributed by atoms with Gasteiger partial charge in [0.25, 0.3) is 0 Å². The van der Waals surface area contributed by atoms with Crippen LogP contribution in [0.25, 0.3) is 0 Å². The van der Waals surface area contributed by atoms with Crippen LogP contribution >= 0.6 is 0 Å². The first kappa shape index (κ1) is 14.3. The van der Waals surface area contributed by atoms with Gasteiger partial charge < -0.3 is 10.5 Å². The predicted molar refractivity (Wildman–Crippen MR) is 75.0 cm³/mol. The lowest BCUT2D eigenvalue weighted by Crippen LogP contribution is -2.33. The van der Waals surface area contributed by atoms with Crippen LogP contribution in [0.4, 0.5) is 0 Å². The zero-order valence-electron chi connectivity index (χ0n) is 11.2. The maximum atomic E-state index is 11.7. The molecule has 0 radical (unpaired) electrons. The highest BCUT2D eigenvalue weighted by Gasteiger charge is 2.20. The lowest BCUT2D eigenvalue weighted by Gasteiger charge is -2.27. The molecule has 0 heterocycles. The van der Waals surface area contributed by atoms with Gasteiger partial charge in [-0.05, 0) is 49.9 Å². The Morgan fingerprint density at radius 1 is 1.26 bits per heavy atom. The van der Waals surface area contributed by atoms with Gasteiger partial charge >= 0.3 is 0 Å². The van der Waals surface area contributed by atoms with Crippen molar-refractivity contribution in [2.24, 2.45) is 5.73 Å². The lowest BCUT2D eigenvalue weighted by molar-refractivity contribution is 0.144. The molecule has 106 valence electrons. The molecule has 0 bridgehead atoms. The fourth-order valence-electron chi connectivity index (χ4n) is 2.37. The van der Waals surface area contributed by atoms with Gasteiger partial charge in [0.1, 0.15) is 11.9 Å². The van der Waals surface area contributed by atoms with Crippen LogP contribution in [0.5, 0.6) is 5.75 Å². The molecule has 1 aromatic rings. The number of sulfone groups is 1.